The Hall–Kier alpha value is -0.0800. The van der Waals surface area contributed by atoms with E-state index in [9.17, 15) is 0 Å². The lowest BCUT2D eigenvalue weighted by Crippen LogP contribution is -2.27. The first-order chi connectivity index (χ1) is 5.70. The zero-order chi connectivity index (χ0) is 8.72. The van der Waals surface area contributed by atoms with Crippen LogP contribution in [0.1, 0.15) is 20.8 Å². The Morgan fingerprint density at radius 2 is 1.75 bits per heavy atom. The fourth-order valence-electron chi connectivity index (χ4n) is 2.29. The standard InChI is InChI=1S/C10H18O2/c1-6(2)8-5-12-9-7(3)4-11-10(8)9/h6-10H,4-5H2,1-3H3/t7-,8-,9?,10-/m1/s1. The minimum Gasteiger partial charge on any atom is -0.375 e. The van der Waals surface area contributed by atoms with Crippen molar-refractivity contribution in [2.75, 3.05) is 13.2 Å². The molecule has 2 aliphatic rings. The molecule has 2 rings (SSSR count). The quantitative estimate of drug-likeness (QED) is 0.596. The van der Waals surface area contributed by atoms with Gasteiger partial charge in [-0.25, -0.2) is 0 Å². The maximum Gasteiger partial charge on any atom is 0.0892 e. The molecule has 2 nitrogen and oxygen atoms in total. The van der Waals surface area contributed by atoms with Crippen molar-refractivity contribution in [2.45, 2.75) is 33.0 Å². The number of ether oxygens (including phenoxy) is 2. The van der Waals surface area contributed by atoms with Crippen molar-refractivity contribution >= 4 is 0 Å². The van der Waals surface area contributed by atoms with Crippen molar-refractivity contribution in [3.8, 4) is 0 Å². The Morgan fingerprint density at radius 1 is 1.08 bits per heavy atom. The maximum atomic E-state index is 5.74. The predicted molar refractivity (Wildman–Crippen MR) is 47.0 cm³/mol. The second-order valence-electron chi connectivity index (χ2n) is 4.48. The average molecular weight is 170 g/mol. The first-order valence-corrected chi connectivity index (χ1v) is 4.93. The first kappa shape index (κ1) is 8.52. The summed E-state index contributed by atoms with van der Waals surface area (Å²) in [5.41, 5.74) is 0. The van der Waals surface area contributed by atoms with Crippen molar-refractivity contribution in [2.24, 2.45) is 17.8 Å². The topological polar surface area (TPSA) is 18.5 Å². The van der Waals surface area contributed by atoms with E-state index in [1.54, 1.807) is 0 Å². The maximum absolute atomic E-state index is 5.74. The highest BCUT2D eigenvalue weighted by Gasteiger charge is 2.46. The third-order valence-corrected chi connectivity index (χ3v) is 3.20. The molecule has 2 aliphatic heterocycles. The molecule has 0 amide bonds. The third kappa shape index (κ3) is 1.17. The van der Waals surface area contributed by atoms with E-state index in [0.29, 0.717) is 30.0 Å². The molecular formula is C10H18O2. The lowest BCUT2D eigenvalue weighted by atomic mass is 9.89. The van der Waals surface area contributed by atoms with Gasteiger partial charge in [0.25, 0.3) is 0 Å². The Bertz CT molecular complexity index is 167. The van der Waals surface area contributed by atoms with Gasteiger partial charge in [-0.15, -0.1) is 0 Å². The molecule has 0 bridgehead atoms. The summed E-state index contributed by atoms with van der Waals surface area (Å²) in [6.45, 7) is 8.51. The van der Waals surface area contributed by atoms with Crippen LogP contribution >= 0.6 is 0 Å². The van der Waals surface area contributed by atoms with Crippen molar-refractivity contribution < 1.29 is 9.47 Å². The van der Waals surface area contributed by atoms with Gasteiger partial charge in [0.2, 0.25) is 0 Å². The molecule has 70 valence electrons. The molecule has 0 aromatic rings. The Balaban J connectivity index is 2.05. The molecule has 2 saturated heterocycles. The van der Waals surface area contributed by atoms with E-state index in [0.717, 1.165) is 13.2 Å². The molecule has 0 aliphatic carbocycles. The Morgan fingerprint density at radius 3 is 2.42 bits per heavy atom. The molecule has 0 spiro atoms. The molecule has 0 aromatic heterocycles. The fourth-order valence-corrected chi connectivity index (χ4v) is 2.29. The Labute approximate surface area is 74.2 Å². The van der Waals surface area contributed by atoms with E-state index in [1.165, 1.54) is 0 Å². The van der Waals surface area contributed by atoms with Gasteiger partial charge in [0, 0.05) is 11.8 Å². The van der Waals surface area contributed by atoms with Crippen LogP contribution < -0.4 is 0 Å². The van der Waals surface area contributed by atoms with Gasteiger partial charge in [0.15, 0.2) is 0 Å². The van der Waals surface area contributed by atoms with Gasteiger partial charge < -0.3 is 9.47 Å². The monoisotopic (exact) mass is 170 g/mol. The van der Waals surface area contributed by atoms with E-state index in [1.807, 2.05) is 0 Å². The lowest BCUT2D eigenvalue weighted by Gasteiger charge is -2.19. The molecule has 1 unspecified atom stereocenters. The van der Waals surface area contributed by atoms with Crippen molar-refractivity contribution in [1.29, 1.82) is 0 Å². The lowest BCUT2D eigenvalue weighted by molar-refractivity contribution is 0.0549. The number of rotatable bonds is 1. The summed E-state index contributed by atoms with van der Waals surface area (Å²) in [5, 5.41) is 0. The molecule has 0 radical (unpaired) electrons. The second kappa shape index (κ2) is 3.00. The number of hydrogen-bond donors (Lipinski definition) is 0. The SMILES string of the molecule is CC(C)[C@H]1COC2[C@H](C)CO[C@@H]21. The smallest absolute Gasteiger partial charge is 0.0892 e. The minimum absolute atomic E-state index is 0.386. The van der Waals surface area contributed by atoms with Gasteiger partial charge in [-0.1, -0.05) is 20.8 Å². The molecule has 0 N–H and O–H groups in total. The molecule has 4 atom stereocenters. The Kier molecular flexibility index (Phi) is 2.13. The van der Waals surface area contributed by atoms with Crippen LogP contribution in [0.15, 0.2) is 0 Å². The van der Waals surface area contributed by atoms with Crippen LogP contribution in [0.3, 0.4) is 0 Å². The van der Waals surface area contributed by atoms with Gasteiger partial charge >= 0.3 is 0 Å². The summed E-state index contributed by atoms with van der Waals surface area (Å²) in [7, 11) is 0. The van der Waals surface area contributed by atoms with Crippen molar-refractivity contribution in [1.82, 2.24) is 0 Å². The van der Waals surface area contributed by atoms with Crippen LogP contribution in [-0.4, -0.2) is 25.4 Å². The van der Waals surface area contributed by atoms with Crippen LogP contribution in [0.2, 0.25) is 0 Å². The van der Waals surface area contributed by atoms with E-state index in [4.69, 9.17) is 9.47 Å². The van der Waals surface area contributed by atoms with Gasteiger partial charge in [-0.05, 0) is 5.92 Å². The summed E-state index contributed by atoms with van der Waals surface area (Å²) < 4.78 is 11.5. The molecule has 0 saturated carbocycles. The summed E-state index contributed by atoms with van der Waals surface area (Å²) in [5.74, 6) is 1.91. The normalized spacial score (nSPS) is 47.0. The number of fused-ring (bicyclic) bond motifs is 1. The van der Waals surface area contributed by atoms with Gasteiger partial charge in [0.1, 0.15) is 0 Å². The number of hydrogen-bond acceptors (Lipinski definition) is 2. The third-order valence-electron chi connectivity index (χ3n) is 3.20. The molecular weight excluding hydrogens is 152 g/mol. The molecule has 12 heavy (non-hydrogen) atoms. The molecule has 2 heteroatoms. The van der Waals surface area contributed by atoms with Crippen LogP contribution in [0, 0.1) is 17.8 Å². The van der Waals surface area contributed by atoms with E-state index in [-0.39, 0.29) is 0 Å². The molecule has 2 fully saturated rings. The van der Waals surface area contributed by atoms with Crippen molar-refractivity contribution in [3.05, 3.63) is 0 Å². The highest BCUT2D eigenvalue weighted by Crippen LogP contribution is 2.37. The van der Waals surface area contributed by atoms with Gasteiger partial charge in [-0.2, -0.15) is 0 Å². The summed E-state index contributed by atoms with van der Waals surface area (Å²) in [6, 6.07) is 0. The van der Waals surface area contributed by atoms with Crippen molar-refractivity contribution in [3.63, 3.8) is 0 Å². The average Bonchev–Trinajstić information content (AvgIpc) is 2.53. The summed E-state index contributed by atoms with van der Waals surface area (Å²) in [4.78, 5) is 0. The second-order valence-corrected chi connectivity index (χ2v) is 4.48. The molecule has 2 heterocycles. The largest absolute Gasteiger partial charge is 0.375 e. The van der Waals surface area contributed by atoms with Crippen LogP contribution in [0.5, 0.6) is 0 Å². The van der Waals surface area contributed by atoms with E-state index in [2.05, 4.69) is 20.8 Å². The highest BCUT2D eigenvalue weighted by atomic mass is 16.6. The van der Waals surface area contributed by atoms with Crippen LogP contribution in [0.4, 0.5) is 0 Å². The minimum atomic E-state index is 0.386. The van der Waals surface area contributed by atoms with Crippen LogP contribution in [0.25, 0.3) is 0 Å². The zero-order valence-electron chi connectivity index (χ0n) is 8.12. The zero-order valence-corrected chi connectivity index (χ0v) is 8.12. The highest BCUT2D eigenvalue weighted by molar-refractivity contribution is 4.93. The summed E-state index contributed by atoms with van der Waals surface area (Å²) in [6.07, 6.45) is 0.775. The predicted octanol–water partition coefficient (Wildman–Crippen LogP) is 1.69. The van der Waals surface area contributed by atoms with E-state index < -0.39 is 0 Å². The first-order valence-electron chi connectivity index (χ1n) is 4.93. The van der Waals surface area contributed by atoms with E-state index >= 15 is 0 Å². The van der Waals surface area contributed by atoms with Gasteiger partial charge in [0.05, 0.1) is 25.4 Å². The molecule has 0 aromatic carbocycles. The van der Waals surface area contributed by atoms with Gasteiger partial charge in [-0.3, -0.25) is 0 Å². The fraction of sp³-hybridized carbons (Fsp3) is 1.00. The van der Waals surface area contributed by atoms with Crippen LogP contribution in [-0.2, 0) is 9.47 Å². The summed E-state index contributed by atoms with van der Waals surface area (Å²) >= 11 is 0.